The van der Waals surface area contributed by atoms with Crippen LogP contribution in [0.5, 0.6) is 0 Å². The summed E-state index contributed by atoms with van der Waals surface area (Å²) in [5.41, 5.74) is 3.20. The highest BCUT2D eigenvalue weighted by Crippen LogP contribution is 2.28. The van der Waals surface area contributed by atoms with E-state index < -0.39 is 11.8 Å². The van der Waals surface area contributed by atoms with Gasteiger partial charge in [0, 0.05) is 25.2 Å². The molecule has 0 bridgehead atoms. The fourth-order valence-corrected chi connectivity index (χ4v) is 2.22. The van der Waals surface area contributed by atoms with E-state index in [0.717, 1.165) is 25.1 Å². The van der Waals surface area contributed by atoms with Crippen molar-refractivity contribution in [1.29, 1.82) is 0 Å². The Balaban J connectivity index is 2.18. The van der Waals surface area contributed by atoms with E-state index in [1.54, 1.807) is 0 Å². The summed E-state index contributed by atoms with van der Waals surface area (Å²) in [4.78, 5) is 23.9. The second-order valence-electron chi connectivity index (χ2n) is 4.20. The van der Waals surface area contributed by atoms with E-state index in [-0.39, 0.29) is 6.42 Å². The lowest BCUT2D eigenvalue weighted by molar-refractivity contribution is -0.148. The number of ketones is 1. The van der Waals surface area contributed by atoms with Crippen molar-refractivity contribution in [1.82, 2.24) is 0 Å². The summed E-state index contributed by atoms with van der Waals surface area (Å²) < 4.78 is 0. The zero-order valence-corrected chi connectivity index (χ0v) is 9.77. The molecule has 1 aliphatic rings. The first-order valence-electron chi connectivity index (χ1n) is 5.74. The largest absolute Gasteiger partial charge is 0.475 e. The van der Waals surface area contributed by atoms with E-state index in [0.29, 0.717) is 0 Å². The lowest BCUT2D eigenvalue weighted by atomic mass is 10.0. The van der Waals surface area contributed by atoms with E-state index >= 15 is 0 Å². The Morgan fingerprint density at radius 2 is 2.18 bits per heavy atom. The molecule has 90 valence electrons. The van der Waals surface area contributed by atoms with Crippen LogP contribution in [0.3, 0.4) is 0 Å². The molecule has 0 saturated carbocycles. The van der Waals surface area contributed by atoms with Crippen molar-refractivity contribution in [3.63, 3.8) is 0 Å². The molecule has 0 saturated heterocycles. The molecule has 4 heteroatoms. The molecule has 0 amide bonds. The summed E-state index contributed by atoms with van der Waals surface area (Å²) in [7, 11) is 0. The molecule has 2 rings (SSSR count). The van der Waals surface area contributed by atoms with E-state index in [1.807, 2.05) is 18.2 Å². The number of Topliss-reactive ketones (excluding diaryl/α,β-unsaturated/α-hetero) is 1. The molecular weight excluding hydrogens is 218 g/mol. The van der Waals surface area contributed by atoms with Crippen LogP contribution in [0.25, 0.3) is 0 Å². The quantitative estimate of drug-likeness (QED) is 0.795. The minimum atomic E-state index is -1.36. The number of carbonyl (C=O) groups excluding carboxylic acids is 1. The van der Waals surface area contributed by atoms with Gasteiger partial charge in [-0.1, -0.05) is 12.1 Å². The zero-order valence-electron chi connectivity index (χ0n) is 9.77. The number of likely N-dealkylation sites (N-methyl/N-ethyl adjacent to an activating group) is 1. The number of carbonyl (C=O) groups is 2. The summed E-state index contributed by atoms with van der Waals surface area (Å²) in [6.45, 7) is 4.08. The molecule has 0 aromatic heterocycles. The first-order valence-corrected chi connectivity index (χ1v) is 5.74. The van der Waals surface area contributed by atoms with Gasteiger partial charge >= 0.3 is 5.97 Å². The number of carboxylic acid groups (broad SMARTS) is 1. The topological polar surface area (TPSA) is 57.6 Å². The Morgan fingerprint density at radius 1 is 1.41 bits per heavy atom. The van der Waals surface area contributed by atoms with Gasteiger partial charge in [-0.2, -0.15) is 0 Å². The number of benzene rings is 1. The second-order valence-corrected chi connectivity index (χ2v) is 4.20. The third-order valence-corrected chi connectivity index (χ3v) is 3.12. The predicted molar refractivity (Wildman–Crippen MR) is 64.4 cm³/mol. The maximum Gasteiger partial charge on any atom is 0.372 e. The van der Waals surface area contributed by atoms with Crippen molar-refractivity contribution < 1.29 is 14.7 Å². The minimum Gasteiger partial charge on any atom is -0.475 e. The molecule has 1 heterocycles. The summed E-state index contributed by atoms with van der Waals surface area (Å²) in [5.74, 6) is -2.11. The highest BCUT2D eigenvalue weighted by atomic mass is 16.4. The van der Waals surface area contributed by atoms with Crippen LogP contribution in [-0.2, 0) is 22.4 Å². The average Bonchev–Trinajstić information content (AvgIpc) is 2.71. The fraction of sp³-hybridized carbons (Fsp3) is 0.385. The lowest BCUT2D eigenvalue weighted by Crippen LogP contribution is -2.19. The minimum absolute atomic E-state index is 0.0191. The van der Waals surface area contributed by atoms with Crippen molar-refractivity contribution in [2.75, 3.05) is 18.0 Å². The molecule has 17 heavy (non-hydrogen) atoms. The van der Waals surface area contributed by atoms with E-state index in [2.05, 4.69) is 11.8 Å². The van der Waals surface area contributed by atoms with Gasteiger partial charge in [0.15, 0.2) is 0 Å². The predicted octanol–water partition coefficient (Wildman–Crippen LogP) is 1.27. The van der Waals surface area contributed by atoms with Gasteiger partial charge in [0.25, 0.3) is 0 Å². The van der Waals surface area contributed by atoms with Crippen molar-refractivity contribution in [2.45, 2.75) is 19.8 Å². The summed E-state index contributed by atoms with van der Waals surface area (Å²) >= 11 is 0. The highest BCUT2D eigenvalue weighted by molar-refractivity contribution is 6.33. The summed E-state index contributed by atoms with van der Waals surface area (Å²) in [5, 5.41) is 8.56. The Kier molecular flexibility index (Phi) is 3.13. The van der Waals surface area contributed by atoms with Crippen molar-refractivity contribution in [3.05, 3.63) is 29.3 Å². The van der Waals surface area contributed by atoms with Crippen LogP contribution in [0.1, 0.15) is 18.1 Å². The SMILES string of the molecule is CCN1CCc2cc(CC(=O)C(=O)O)ccc21. The van der Waals surface area contributed by atoms with Gasteiger partial charge in [0.05, 0.1) is 0 Å². The molecule has 0 radical (unpaired) electrons. The zero-order chi connectivity index (χ0) is 12.4. The molecule has 4 nitrogen and oxygen atoms in total. The molecule has 1 aromatic rings. The van der Waals surface area contributed by atoms with Gasteiger partial charge in [-0.3, -0.25) is 4.79 Å². The Morgan fingerprint density at radius 3 is 2.82 bits per heavy atom. The molecule has 0 atom stereocenters. The standard InChI is InChI=1S/C13H15NO3/c1-2-14-6-5-10-7-9(3-4-11(10)14)8-12(15)13(16)17/h3-4,7H,2,5-6,8H2,1H3,(H,16,17). The monoisotopic (exact) mass is 233 g/mol. The smallest absolute Gasteiger partial charge is 0.372 e. The number of hydrogen-bond acceptors (Lipinski definition) is 3. The Bertz CT molecular complexity index is 468. The van der Waals surface area contributed by atoms with Crippen LogP contribution in [0.2, 0.25) is 0 Å². The number of aliphatic carboxylic acids is 1. The van der Waals surface area contributed by atoms with Gasteiger partial charge < -0.3 is 10.0 Å². The van der Waals surface area contributed by atoms with Crippen LogP contribution < -0.4 is 4.90 Å². The molecule has 1 aliphatic heterocycles. The maximum absolute atomic E-state index is 11.1. The normalized spacial score (nSPS) is 13.6. The molecule has 0 spiro atoms. The number of nitrogens with zero attached hydrogens (tertiary/aromatic N) is 1. The van der Waals surface area contributed by atoms with Gasteiger partial charge in [-0.25, -0.2) is 4.79 Å². The van der Waals surface area contributed by atoms with E-state index in [4.69, 9.17) is 5.11 Å². The molecule has 1 N–H and O–H groups in total. The molecule has 0 fully saturated rings. The lowest BCUT2D eigenvalue weighted by Gasteiger charge is -2.16. The van der Waals surface area contributed by atoms with Gasteiger partial charge in [-0.05, 0) is 30.5 Å². The fourth-order valence-electron chi connectivity index (χ4n) is 2.22. The third kappa shape index (κ3) is 2.30. The Hall–Kier alpha value is -1.84. The van der Waals surface area contributed by atoms with Crippen molar-refractivity contribution in [2.24, 2.45) is 0 Å². The van der Waals surface area contributed by atoms with Crippen molar-refractivity contribution >= 4 is 17.4 Å². The Labute approximate surface area is 99.9 Å². The summed E-state index contributed by atoms with van der Waals surface area (Å²) in [6, 6.07) is 5.77. The van der Waals surface area contributed by atoms with Gasteiger partial charge in [0.1, 0.15) is 0 Å². The highest BCUT2D eigenvalue weighted by Gasteiger charge is 2.19. The maximum atomic E-state index is 11.1. The van der Waals surface area contributed by atoms with Crippen molar-refractivity contribution in [3.8, 4) is 0 Å². The second kappa shape index (κ2) is 4.57. The third-order valence-electron chi connectivity index (χ3n) is 3.12. The van der Waals surface area contributed by atoms with Crippen LogP contribution in [0.4, 0.5) is 5.69 Å². The van der Waals surface area contributed by atoms with E-state index in [1.165, 1.54) is 11.3 Å². The van der Waals surface area contributed by atoms with Gasteiger partial charge in [-0.15, -0.1) is 0 Å². The number of carboxylic acids is 1. The average molecular weight is 233 g/mol. The number of fused-ring (bicyclic) bond motifs is 1. The molecular formula is C13H15NO3. The van der Waals surface area contributed by atoms with Crippen LogP contribution >= 0.6 is 0 Å². The van der Waals surface area contributed by atoms with Crippen LogP contribution in [0, 0.1) is 0 Å². The number of hydrogen-bond donors (Lipinski definition) is 1. The van der Waals surface area contributed by atoms with Crippen LogP contribution in [-0.4, -0.2) is 29.9 Å². The summed E-state index contributed by atoms with van der Waals surface area (Å²) in [6.07, 6.45) is 0.951. The first-order chi connectivity index (χ1) is 8.11. The number of rotatable bonds is 4. The molecule has 1 aromatic carbocycles. The van der Waals surface area contributed by atoms with E-state index in [9.17, 15) is 9.59 Å². The van der Waals surface area contributed by atoms with Gasteiger partial charge in [0.2, 0.25) is 5.78 Å². The molecule has 0 aliphatic carbocycles. The first kappa shape index (κ1) is 11.6. The van der Waals surface area contributed by atoms with Crippen LogP contribution in [0.15, 0.2) is 18.2 Å². The molecule has 0 unspecified atom stereocenters. The number of anilines is 1.